The number of fused-ring (bicyclic) bond motifs is 1. The predicted octanol–water partition coefficient (Wildman–Crippen LogP) is 3.73. The van der Waals surface area contributed by atoms with Crippen molar-refractivity contribution in [2.24, 2.45) is 5.10 Å². The molecular formula is C18H15N3O4S. The number of nitrogens with one attached hydrogen (secondary N) is 1. The van der Waals surface area contributed by atoms with E-state index in [1.807, 2.05) is 36.4 Å². The number of nitrogens with zero attached hydrogens (tertiary/aromatic N) is 2. The van der Waals surface area contributed by atoms with Gasteiger partial charge in [0.05, 0.1) is 21.4 Å². The van der Waals surface area contributed by atoms with E-state index >= 15 is 0 Å². The van der Waals surface area contributed by atoms with E-state index in [1.54, 1.807) is 13.0 Å². The van der Waals surface area contributed by atoms with E-state index in [9.17, 15) is 14.9 Å². The Bertz CT molecular complexity index is 978. The van der Waals surface area contributed by atoms with Gasteiger partial charge in [0.25, 0.3) is 11.6 Å². The molecule has 1 heterocycles. The molecule has 132 valence electrons. The second-order valence-corrected chi connectivity index (χ2v) is 6.38. The number of nitro groups is 1. The van der Waals surface area contributed by atoms with Crippen LogP contribution in [0.5, 0.6) is 5.75 Å². The fourth-order valence-corrected chi connectivity index (χ4v) is 3.01. The molecule has 8 heteroatoms. The highest BCUT2D eigenvalue weighted by Gasteiger charge is 2.15. The first-order valence-electron chi connectivity index (χ1n) is 7.75. The summed E-state index contributed by atoms with van der Waals surface area (Å²) >= 11 is 1.17. The van der Waals surface area contributed by atoms with Gasteiger partial charge in [0.15, 0.2) is 6.10 Å². The average Bonchev–Trinajstić information content (AvgIpc) is 3.11. The second-order valence-electron chi connectivity index (χ2n) is 5.44. The standard InChI is InChI=1S/C18H15N3O4S/c1-12(25-17-8-4-6-13-5-2-3-7-16(13)17)18(22)20-19-10-15-9-14(11-26-15)21(23)24/h2-12H,1H3,(H,20,22)/b19-10-/t12-/m1/s1. The van der Waals surface area contributed by atoms with Crippen LogP contribution < -0.4 is 10.2 Å². The van der Waals surface area contributed by atoms with E-state index < -0.39 is 16.9 Å². The van der Waals surface area contributed by atoms with Gasteiger partial charge in [-0.3, -0.25) is 14.9 Å². The van der Waals surface area contributed by atoms with Crippen LogP contribution in [0.2, 0.25) is 0 Å². The first-order valence-corrected chi connectivity index (χ1v) is 8.63. The maximum absolute atomic E-state index is 12.1. The number of ether oxygens (including phenoxy) is 1. The van der Waals surface area contributed by atoms with Crippen LogP contribution in [-0.2, 0) is 4.79 Å². The fourth-order valence-electron chi connectivity index (χ4n) is 2.30. The summed E-state index contributed by atoms with van der Waals surface area (Å²) in [5, 5.41) is 17.8. The van der Waals surface area contributed by atoms with Crippen molar-refractivity contribution in [2.45, 2.75) is 13.0 Å². The van der Waals surface area contributed by atoms with Crippen molar-refractivity contribution >= 4 is 39.9 Å². The van der Waals surface area contributed by atoms with Gasteiger partial charge in [-0.05, 0) is 18.4 Å². The van der Waals surface area contributed by atoms with E-state index in [2.05, 4.69) is 10.5 Å². The number of hydrogen-bond acceptors (Lipinski definition) is 6. The molecule has 1 aromatic heterocycles. The molecule has 2 aromatic carbocycles. The Labute approximate surface area is 153 Å². The van der Waals surface area contributed by atoms with Gasteiger partial charge in [0, 0.05) is 11.5 Å². The first kappa shape index (κ1) is 17.6. The highest BCUT2D eigenvalue weighted by molar-refractivity contribution is 7.12. The van der Waals surface area contributed by atoms with Gasteiger partial charge < -0.3 is 4.74 Å². The summed E-state index contributed by atoms with van der Waals surface area (Å²) in [6, 6.07) is 14.8. The molecule has 0 aliphatic carbocycles. The lowest BCUT2D eigenvalue weighted by Crippen LogP contribution is -2.33. The molecule has 0 spiro atoms. The van der Waals surface area contributed by atoms with E-state index in [0.29, 0.717) is 10.6 Å². The van der Waals surface area contributed by atoms with E-state index in [-0.39, 0.29) is 5.69 Å². The van der Waals surface area contributed by atoms with Crippen LogP contribution in [0.1, 0.15) is 11.8 Å². The summed E-state index contributed by atoms with van der Waals surface area (Å²) in [4.78, 5) is 22.9. The Morgan fingerprint density at radius 2 is 2.08 bits per heavy atom. The summed E-state index contributed by atoms with van der Waals surface area (Å²) in [5.74, 6) is 0.198. The summed E-state index contributed by atoms with van der Waals surface area (Å²) < 4.78 is 5.76. The van der Waals surface area contributed by atoms with Gasteiger partial charge in [-0.15, -0.1) is 11.3 Å². The lowest BCUT2D eigenvalue weighted by Gasteiger charge is -2.14. The average molecular weight is 369 g/mol. The Kier molecular flexibility index (Phi) is 5.23. The molecule has 3 aromatic rings. The molecule has 1 amide bonds. The fraction of sp³-hybridized carbons (Fsp3) is 0.111. The number of rotatable bonds is 6. The molecule has 1 N–H and O–H groups in total. The molecule has 1 atom stereocenters. The summed E-state index contributed by atoms with van der Waals surface area (Å²) in [6.45, 7) is 1.63. The van der Waals surface area contributed by atoms with Crippen molar-refractivity contribution in [3.63, 3.8) is 0 Å². The highest BCUT2D eigenvalue weighted by atomic mass is 32.1. The van der Waals surface area contributed by atoms with Gasteiger partial charge in [-0.1, -0.05) is 36.4 Å². The van der Waals surface area contributed by atoms with E-state index in [0.717, 1.165) is 10.8 Å². The smallest absolute Gasteiger partial charge is 0.280 e. The zero-order valence-corrected chi connectivity index (χ0v) is 14.6. The Balaban J connectivity index is 1.62. The Morgan fingerprint density at radius 1 is 1.31 bits per heavy atom. The van der Waals surface area contributed by atoms with E-state index in [4.69, 9.17) is 4.74 Å². The van der Waals surface area contributed by atoms with Crippen molar-refractivity contribution in [3.05, 3.63) is 68.9 Å². The monoisotopic (exact) mass is 369 g/mol. The first-order chi connectivity index (χ1) is 12.5. The quantitative estimate of drug-likeness (QED) is 0.407. The molecule has 0 saturated heterocycles. The zero-order valence-electron chi connectivity index (χ0n) is 13.8. The summed E-state index contributed by atoms with van der Waals surface area (Å²) in [7, 11) is 0. The molecule has 0 unspecified atom stereocenters. The van der Waals surface area contributed by atoms with Crippen LogP contribution in [0.3, 0.4) is 0 Å². The van der Waals surface area contributed by atoms with Crippen LogP contribution in [0.25, 0.3) is 10.8 Å². The molecule has 26 heavy (non-hydrogen) atoms. The third-order valence-corrected chi connectivity index (χ3v) is 4.46. The molecule has 0 aliphatic rings. The predicted molar refractivity (Wildman–Crippen MR) is 101 cm³/mol. The number of carbonyl (C=O) groups excluding carboxylic acids is 1. The number of benzene rings is 2. The molecule has 0 bridgehead atoms. The Hall–Kier alpha value is -3.26. The van der Waals surface area contributed by atoms with Crippen LogP contribution in [-0.4, -0.2) is 23.1 Å². The van der Waals surface area contributed by atoms with Gasteiger partial charge in [-0.25, -0.2) is 5.43 Å². The topological polar surface area (TPSA) is 93.8 Å². The van der Waals surface area contributed by atoms with Crippen LogP contribution >= 0.6 is 11.3 Å². The van der Waals surface area contributed by atoms with Gasteiger partial charge in [0.2, 0.25) is 0 Å². The number of hydrogen-bond donors (Lipinski definition) is 1. The highest BCUT2D eigenvalue weighted by Crippen LogP contribution is 2.26. The summed E-state index contributed by atoms with van der Waals surface area (Å²) in [5.41, 5.74) is 2.38. The third kappa shape index (κ3) is 4.04. The lowest BCUT2D eigenvalue weighted by molar-refractivity contribution is -0.384. The maximum Gasteiger partial charge on any atom is 0.280 e. The van der Waals surface area contributed by atoms with Crippen molar-refractivity contribution in [1.82, 2.24) is 5.43 Å². The molecule has 0 radical (unpaired) electrons. The molecule has 0 aliphatic heterocycles. The normalized spacial score (nSPS) is 12.2. The van der Waals surface area contributed by atoms with Crippen LogP contribution in [0.15, 0.2) is 59.0 Å². The van der Waals surface area contributed by atoms with Gasteiger partial charge in [0.1, 0.15) is 5.75 Å². The Morgan fingerprint density at radius 3 is 2.85 bits per heavy atom. The van der Waals surface area contributed by atoms with E-state index in [1.165, 1.54) is 29.0 Å². The third-order valence-electron chi connectivity index (χ3n) is 3.61. The lowest BCUT2D eigenvalue weighted by atomic mass is 10.1. The van der Waals surface area contributed by atoms with Gasteiger partial charge in [-0.2, -0.15) is 5.10 Å². The molecule has 0 saturated carbocycles. The van der Waals surface area contributed by atoms with Crippen molar-refractivity contribution in [1.29, 1.82) is 0 Å². The molecular weight excluding hydrogens is 354 g/mol. The zero-order chi connectivity index (χ0) is 18.5. The minimum absolute atomic E-state index is 0.00423. The number of thiophene rings is 1. The summed E-state index contributed by atoms with van der Waals surface area (Å²) in [6.07, 6.45) is 0.607. The van der Waals surface area contributed by atoms with Crippen LogP contribution in [0, 0.1) is 10.1 Å². The van der Waals surface area contributed by atoms with Crippen LogP contribution in [0.4, 0.5) is 5.69 Å². The van der Waals surface area contributed by atoms with Crippen molar-refractivity contribution in [3.8, 4) is 5.75 Å². The maximum atomic E-state index is 12.1. The molecule has 7 nitrogen and oxygen atoms in total. The largest absolute Gasteiger partial charge is 0.480 e. The number of amides is 1. The molecule has 3 rings (SSSR count). The van der Waals surface area contributed by atoms with Crippen molar-refractivity contribution in [2.75, 3.05) is 0 Å². The SMILES string of the molecule is C[C@@H](Oc1cccc2ccccc12)C(=O)N/N=C\c1cc([N+](=O)[O-])cs1. The number of carbonyl (C=O) groups is 1. The van der Waals surface area contributed by atoms with Crippen molar-refractivity contribution < 1.29 is 14.5 Å². The number of hydrazone groups is 1. The van der Waals surface area contributed by atoms with Gasteiger partial charge >= 0.3 is 0 Å². The minimum atomic E-state index is -0.754. The second kappa shape index (κ2) is 7.75. The molecule has 0 fully saturated rings. The minimum Gasteiger partial charge on any atom is -0.480 e.